The Morgan fingerprint density at radius 3 is 2.53 bits per heavy atom. The molecule has 0 amide bonds. The number of hydrogen-bond acceptors (Lipinski definition) is 13. The van der Waals surface area contributed by atoms with Crippen LogP contribution in [0.4, 0.5) is 14.7 Å². The van der Waals surface area contributed by atoms with E-state index in [-0.39, 0.29) is 11.2 Å². The number of imidazole rings is 1. The Balaban J connectivity index is 1.88. The van der Waals surface area contributed by atoms with Crippen molar-refractivity contribution >= 4 is 40.5 Å². The van der Waals surface area contributed by atoms with Crippen LogP contribution in [0, 0.1) is 4.91 Å². The van der Waals surface area contributed by atoms with Crippen molar-refractivity contribution in [1.29, 1.82) is 0 Å². The number of H-pyrrole nitrogens is 1. The predicted octanol–water partition coefficient (Wildman–Crippen LogP) is 0.145. The minimum absolute atomic E-state index is 0.329. The molecule has 19 nitrogen and oxygen atoms in total. The molecule has 36 heavy (non-hydrogen) atoms. The first-order valence-electron chi connectivity index (χ1n) is 9.12. The van der Waals surface area contributed by atoms with Gasteiger partial charge in [-0.2, -0.15) is 13.6 Å². The summed E-state index contributed by atoms with van der Waals surface area (Å²) in [4.78, 5) is 60.9. The highest BCUT2D eigenvalue weighted by molar-refractivity contribution is 7.67. The fraction of sp³-hybridized carbons (Fsp3) is 0.583. The molecule has 3 unspecified atom stereocenters. The molecule has 7 N–H and O–H groups in total. The Bertz CT molecular complexity index is 1380. The molecule has 0 saturated carbocycles. The Hall–Kier alpha value is -2.02. The van der Waals surface area contributed by atoms with Gasteiger partial charge in [0.15, 0.2) is 28.7 Å². The van der Waals surface area contributed by atoms with E-state index in [0.717, 1.165) is 17.8 Å². The normalized spacial score (nSPS) is 31.5. The Morgan fingerprint density at radius 1 is 1.31 bits per heavy atom. The summed E-state index contributed by atoms with van der Waals surface area (Å²) in [5.74, 6) is -0.403. The van der Waals surface area contributed by atoms with Gasteiger partial charge in [-0.3, -0.25) is 18.9 Å². The van der Waals surface area contributed by atoms with E-state index in [4.69, 9.17) is 15.4 Å². The zero-order valence-electron chi connectivity index (χ0n) is 17.6. The van der Waals surface area contributed by atoms with Gasteiger partial charge in [-0.05, 0) is 6.92 Å². The van der Waals surface area contributed by atoms with Crippen molar-refractivity contribution < 1.29 is 60.1 Å². The zero-order valence-corrected chi connectivity index (χ0v) is 20.3. The zero-order chi connectivity index (χ0) is 27.3. The van der Waals surface area contributed by atoms with Gasteiger partial charge in [0.05, 0.1) is 12.9 Å². The quantitative estimate of drug-likeness (QED) is 0.160. The van der Waals surface area contributed by atoms with Crippen molar-refractivity contribution in [1.82, 2.24) is 19.5 Å². The summed E-state index contributed by atoms with van der Waals surface area (Å²) >= 11 is 0. The number of halogens is 2. The van der Waals surface area contributed by atoms with Crippen LogP contribution in [0.3, 0.4) is 0 Å². The lowest BCUT2D eigenvalue weighted by Gasteiger charge is -2.30. The van der Waals surface area contributed by atoms with Crippen LogP contribution < -0.4 is 11.3 Å². The van der Waals surface area contributed by atoms with E-state index in [1.54, 1.807) is 0 Å². The van der Waals surface area contributed by atoms with E-state index in [1.807, 2.05) is 0 Å². The molecule has 0 spiro atoms. The Morgan fingerprint density at radius 2 is 1.94 bits per heavy atom. The largest absolute Gasteiger partial charge is 0.496 e. The molecule has 2 aromatic rings. The smallest absolute Gasteiger partial charge is 0.386 e. The van der Waals surface area contributed by atoms with Crippen LogP contribution in [0.5, 0.6) is 0 Å². The molecule has 2 aromatic heterocycles. The van der Waals surface area contributed by atoms with Gasteiger partial charge in [0.1, 0.15) is 12.8 Å². The van der Waals surface area contributed by atoms with Crippen molar-refractivity contribution in [3.63, 3.8) is 0 Å². The number of aromatic amines is 1. The summed E-state index contributed by atoms with van der Waals surface area (Å²) in [6.45, 7) is -2.54. The van der Waals surface area contributed by atoms with Gasteiger partial charge >= 0.3 is 23.4 Å². The number of aliphatic hydroxyl groups excluding tert-OH is 1. The second-order valence-corrected chi connectivity index (χ2v) is 12.0. The van der Waals surface area contributed by atoms with Crippen LogP contribution in [0.25, 0.3) is 11.2 Å². The summed E-state index contributed by atoms with van der Waals surface area (Å²) in [6.07, 6.45) is -3.56. The van der Waals surface area contributed by atoms with E-state index in [2.05, 4.69) is 28.1 Å². The number of aromatic nitrogens is 4. The second kappa shape index (κ2) is 9.38. The number of alkyl halides is 2. The molecule has 1 aliphatic heterocycles. The van der Waals surface area contributed by atoms with Gasteiger partial charge < -0.3 is 30.3 Å². The Labute approximate surface area is 197 Å². The minimum atomic E-state index is -5.95. The summed E-state index contributed by atoms with van der Waals surface area (Å²) in [7, 11) is -17.4. The highest BCUT2D eigenvalue weighted by Crippen LogP contribution is 2.68. The molecule has 0 aliphatic carbocycles. The van der Waals surface area contributed by atoms with E-state index in [9.17, 15) is 42.7 Å². The van der Waals surface area contributed by atoms with E-state index in [1.165, 1.54) is 4.95 Å². The molecule has 3 heterocycles. The molecular formula is C12H17F2N6O13P3. The number of aliphatic hydroxyl groups is 1. The van der Waals surface area contributed by atoms with E-state index >= 15 is 4.39 Å². The maximum atomic E-state index is 15.6. The lowest BCUT2D eigenvalue weighted by Crippen LogP contribution is -2.51. The van der Waals surface area contributed by atoms with Gasteiger partial charge in [-0.1, -0.05) is 0 Å². The lowest BCUT2D eigenvalue weighted by molar-refractivity contribution is -0.134. The third-order valence-corrected chi connectivity index (χ3v) is 8.77. The number of anilines is 1. The summed E-state index contributed by atoms with van der Waals surface area (Å²) in [5, 5.41) is 10.5. The molecule has 0 radical (unpaired) electrons. The summed E-state index contributed by atoms with van der Waals surface area (Å²) < 4.78 is 81.9. The molecule has 0 bridgehead atoms. The standard InChI is InChI=1S/C12H17F2N6O13P3/c1-11(14)8(22)12(2-13,3-30-35(26,27)33-36(28,29)32-34(24,25)19-23)31-9(11)20-4-16-5-6(20)17-10(15)18-7(5)21/h4,8-9,22H,2-3H2,1H3,(H,24,25)(H,26,27)(H,28,29)(H3,15,17,18,21)/t8-,9+,11+,12+/m0/s1. The average molecular weight is 584 g/mol. The fourth-order valence-corrected chi connectivity index (χ4v) is 6.46. The molecule has 7 atom stereocenters. The summed E-state index contributed by atoms with van der Waals surface area (Å²) in [6, 6.07) is 0. The van der Waals surface area contributed by atoms with Gasteiger partial charge in [0, 0.05) is 4.95 Å². The summed E-state index contributed by atoms with van der Waals surface area (Å²) in [5.41, 5.74) is -1.69. The topological polar surface area (TPSA) is 288 Å². The SMILES string of the molecule is C[C@@]1(F)[C@H](O)[C@@](CF)(COP(=O)(O)OP(=O)(O)OP(=O)(O)N=O)O[C@H]1n1cnc2c(=O)[nH]c(N)nc21. The fourth-order valence-electron chi connectivity index (χ4n) is 3.26. The van der Waals surface area contributed by atoms with Crippen molar-refractivity contribution in [2.75, 3.05) is 19.0 Å². The maximum absolute atomic E-state index is 15.6. The number of phosphoric ester groups is 1. The number of nitrogens with zero attached hydrogens (tertiary/aromatic N) is 4. The number of fused-ring (bicyclic) bond motifs is 1. The van der Waals surface area contributed by atoms with E-state index in [0.29, 0.717) is 0 Å². The van der Waals surface area contributed by atoms with Crippen molar-refractivity contribution in [3.8, 4) is 0 Å². The number of ether oxygens (including phenoxy) is 1. The predicted molar refractivity (Wildman–Crippen MR) is 110 cm³/mol. The van der Waals surface area contributed by atoms with Crippen LogP contribution in [-0.4, -0.2) is 70.0 Å². The average Bonchev–Trinajstić information content (AvgIpc) is 3.23. The maximum Gasteiger partial charge on any atom is 0.496 e. The van der Waals surface area contributed by atoms with E-state index < -0.39 is 71.8 Å². The second-order valence-electron chi connectivity index (χ2n) is 7.44. The first-order valence-corrected chi connectivity index (χ1v) is 13.6. The molecule has 0 aromatic carbocycles. The number of nitrogen functional groups attached to an aromatic ring is 1. The number of hydrogen-bond donors (Lipinski definition) is 6. The molecule has 3 rings (SSSR count). The molecular weight excluding hydrogens is 567 g/mol. The monoisotopic (exact) mass is 584 g/mol. The lowest BCUT2D eigenvalue weighted by atomic mass is 9.90. The van der Waals surface area contributed by atoms with Crippen molar-refractivity contribution in [2.24, 2.45) is 4.95 Å². The minimum Gasteiger partial charge on any atom is -0.386 e. The number of nitrogens with two attached hydrogens (primary N) is 1. The molecule has 1 aliphatic rings. The number of rotatable bonds is 10. The van der Waals surface area contributed by atoms with Crippen LogP contribution in [0.1, 0.15) is 13.2 Å². The number of phosphoric acid groups is 2. The molecule has 24 heteroatoms. The number of nitroso groups, excluding NO2 is 1. The van der Waals surface area contributed by atoms with Gasteiger partial charge in [0.2, 0.25) is 5.95 Å². The van der Waals surface area contributed by atoms with Crippen LogP contribution >= 0.6 is 23.4 Å². The highest BCUT2D eigenvalue weighted by Gasteiger charge is 2.64. The first-order chi connectivity index (χ1) is 16.4. The van der Waals surface area contributed by atoms with Crippen molar-refractivity contribution in [3.05, 3.63) is 21.6 Å². The molecule has 1 saturated heterocycles. The third kappa shape index (κ3) is 5.46. The highest BCUT2D eigenvalue weighted by atomic mass is 31.3. The van der Waals surface area contributed by atoms with Crippen LogP contribution in [0.2, 0.25) is 0 Å². The van der Waals surface area contributed by atoms with Crippen molar-refractivity contribution in [2.45, 2.75) is 30.5 Å². The molecule has 1 fully saturated rings. The van der Waals surface area contributed by atoms with Crippen LogP contribution in [-0.2, 0) is 31.6 Å². The van der Waals surface area contributed by atoms with Gasteiger partial charge in [-0.15, -0.1) is 4.91 Å². The van der Waals surface area contributed by atoms with Crippen LogP contribution in [0.15, 0.2) is 16.1 Å². The van der Waals surface area contributed by atoms with Gasteiger partial charge in [0.25, 0.3) is 5.56 Å². The third-order valence-electron chi connectivity index (χ3n) is 4.78. The molecule has 202 valence electrons. The Kier molecular flexibility index (Phi) is 7.44. The van der Waals surface area contributed by atoms with Gasteiger partial charge in [-0.25, -0.2) is 27.5 Å². The number of nitrogens with one attached hydrogen (secondary N) is 1. The first kappa shape index (κ1) is 28.5.